The van der Waals surface area contributed by atoms with Crippen molar-refractivity contribution in [3.63, 3.8) is 0 Å². The largest absolute Gasteiger partial charge is 0.330 e. The van der Waals surface area contributed by atoms with Crippen LogP contribution in [0.4, 0.5) is 0 Å². The average molecular weight is 313 g/mol. The molecule has 0 heterocycles. The first-order valence-electron chi connectivity index (χ1n) is 5.34. The number of benzene rings is 2. The van der Waals surface area contributed by atoms with Crippen LogP contribution in [0.3, 0.4) is 0 Å². The van der Waals surface area contributed by atoms with Crippen LogP contribution >= 0.6 is 28.3 Å². The van der Waals surface area contributed by atoms with Gasteiger partial charge in [0.15, 0.2) is 0 Å². The summed E-state index contributed by atoms with van der Waals surface area (Å²) in [6.45, 7) is 0.698. The highest BCUT2D eigenvalue weighted by atomic mass is 79.9. The Labute approximate surface area is 117 Å². The van der Waals surface area contributed by atoms with Crippen LogP contribution in [0.2, 0.25) is 0 Å². The van der Waals surface area contributed by atoms with Gasteiger partial charge in [0.05, 0.1) is 0 Å². The first kappa shape index (κ1) is 14.2. The van der Waals surface area contributed by atoms with E-state index >= 15 is 0 Å². The normalized spacial score (nSPS) is 9.76. The summed E-state index contributed by atoms with van der Waals surface area (Å²) in [5.41, 5.74) is 9.34. The minimum atomic E-state index is 0. The zero-order chi connectivity index (χ0) is 11.4. The second-order valence-electron chi connectivity index (χ2n) is 3.75. The van der Waals surface area contributed by atoms with Crippen LogP contribution in [0, 0.1) is 0 Å². The molecule has 2 aromatic carbocycles. The predicted molar refractivity (Wildman–Crippen MR) is 79.6 cm³/mol. The van der Waals surface area contributed by atoms with E-state index < -0.39 is 0 Å². The molecule has 90 valence electrons. The summed E-state index contributed by atoms with van der Waals surface area (Å²) >= 11 is 3.44. The monoisotopic (exact) mass is 311 g/mol. The summed E-state index contributed by atoms with van der Waals surface area (Å²) in [6.07, 6.45) is 0.935. The van der Waals surface area contributed by atoms with Gasteiger partial charge in [-0.15, -0.1) is 12.4 Å². The van der Waals surface area contributed by atoms with Crippen molar-refractivity contribution in [1.82, 2.24) is 0 Å². The average Bonchev–Trinajstić information content (AvgIpc) is 2.31. The van der Waals surface area contributed by atoms with Crippen LogP contribution < -0.4 is 5.73 Å². The topological polar surface area (TPSA) is 26.0 Å². The van der Waals surface area contributed by atoms with E-state index in [0.717, 1.165) is 10.9 Å². The molecule has 1 nitrogen and oxygen atoms in total. The molecule has 17 heavy (non-hydrogen) atoms. The maximum atomic E-state index is 5.56. The molecule has 0 aliphatic heterocycles. The molecular weight excluding hydrogens is 298 g/mol. The van der Waals surface area contributed by atoms with E-state index in [-0.39, 0.29) is 12.4 Å². The summed E-state index contributed by atoms with van der Waals surface area (Å²) in [4.78, 5) is 0. The van der Waals surface area contributed by atoms with Crippen molar-refractivity contribution in [3.05, 3.63) is 58.6 Å². The minimum Gasteiger partial charge on any atom is -0.330 e. The molecular formula is C14H15BrClN. The third-order valence-electron chi connectivity index (χ3n) is 2.54. The molecule has 0 amide bonds. The van der Waals surface area contributed by atoms with Gasteiger partial charge in [0.1, 0.15) is 0 Å². The molecule has 0 fully saturated rings. The Morgan fingerprint density at radius 2 is 1.65 bits per heavy atom. The van der Waals surface area contributed by atoms with Crippen LogP contribution in [0.15, 0.2) is 53.0 Å². The quantitative estimate of drug-likeness (QED) is 0.909. The van der Waals surface area contributed by atoms with Gasteiger partial charge in [0, 0.05) is 4.47 Å². The fourth-order valence-corrected chi connectivity index (χ4v) is 1.98. The van der Waals surface area contributed by atoms with Gasteiger partial charge in [-0.25, -0.2) is 0 Å². The lowest BCUT2D eigenvalue weighted by atomic mass is 10.0. The van der Waals surface area contributed by atoms with Crippen molar-refractivity contribution in [1.29, 1.82) is 0 Å². The highest BCUT2D eigenvalue weighted by Crippen LogP contribution is 2.22. The molecule has 2 rings (SSSR count). The fraction of sp³-hybridized carbons (Fsp3) is 0.143. The Kier molecular flexibility index (Phi) is 5.69. The van der Waals surface area contributed by atoms with Gasteiger partial charge < -0.3 is 5.73 Å². The van der Waals surface area contributed by atoms with Gasteiger partial charge in [-0.05, 0) is 41.8 Å². The van der Waals surface area contributed by atoms with Gasteiger partial charge in [-0.3, -0.25) is 0 Å². The number of hydrogen-bond donors (Lipinski definition) is 1. The zero-order valence-electron chi connectivity index (χ0n) is 9.40. The Bertz CT molecular complexity index is 468. The lowest BCUT2D eigenvalue weighted by Gasteiger charge is -2.04. The van der Waals surface area contributed by atoms with E-state index in [1.807, 2.05) is 0 Å². The standard InChI is InChI=1S/C14H14BrN.ClH/c15-14-6-4-12(5-7-14)13-3-1-2-11(10-13)8-9-16;/h1-7,10H,8-9,16H2;1H. The molecule has 0 radical (unpaired) electrons. The van der Waals surface area contributed by atoms with E-state index in [9.17, 15) is 0 Å². The molecule has 0 aliphatic carbocycles. The maximum absolute atomic E-state index is 5.56. The maximum Gasteiger partial charge on any atom is 0.0175 e. The molecule has 0 spiro atoms. The lowest BCUT2D eigenvalue weighted by Crippen LogP contribution is -2.02. The van der Waals surface area contributed by atoms with Crippen molar-refractivity contribution in [2.24, 2.45) is 5.73 Å². The second kappa shape index (κ2) is 6.80. The van der Waals surface area contributed by atoms with Gasteiger partial charge in [0.2, 0.25) is 0 Å². The Hall–Kier alpha value is -0.830. The molecule has 0 aliphatic rings. The van der Waals surface area contributed by atoms with Crippen LogP contribution in [0.1, 0.15) is 5.56 Å². The first-order valence-corrected chi connectivity index (χ1v) is 6.14. The highest BCUT2D eigenvalue weighted by Gasteiger charge is 1.98. The van der Waals surface area contributed by atoms with Gasteiger partial charge in [0.25, 0.3) is 0 Å². The Morgan fingerprint density at radius 3 is 2.29 bits per heavy atom. The molecule has 2 aromatic rings. The van der Waals surface area contributed by atoms with Crippen molar-refractivity contribution >= 4 is 28.3 Å². The third kappa shape index (κ3) is 3.84. The van der Waals surface area contributed by atoms with Crippen LogP contribution in [-0.2, 0) is 6.42 Å². The Balaban J connectivity index is 0.00000144. The van der Waals surface area contributed by atoms with Crippen molar-refractivity contribution in [2.75, 3.05) is 6.54 Å². The first-order chi connectivity index (χ1) is 7.79. The van der Waals surface area contributed by atoms with E-state index in [1.165, 1.54) is 16.7 Å². The summed E-state index contributed by atoms with van der Waals surface area (Å²) in [6, 6.07) is 16.9. The van der Waals surface area contributed by atoms with Gasteiger partial charge in [-0.1, -0.05) is 52.3 Å². The molecule has 3 heteroatoms. The van der Waals surface area contributed by atoms with E-state index in [0.29, 0.717) is 6.54 Å². The van der Waals surface area contributed by atoms with E-state index in [1.54, 1.807) is 0 Å². The number of halogens is 2. The molecule has 0 atom stereocenters. The van der Waals surface area contributed by atoms with Gasteiger partial charge in [-0.2, -0.15) is 0 Å². The number of rotatable bonds is 3. The van der Waals surface area contributed by atoms with E-state index in [2.05, 4.69) is 64.5 Å². The second-order valence-corrected chi connectivity index (χ2v) is 4.66. The minimum absolute atomic E-state index is 0. The molecule has 0 aromatic heterocycles. The summed E-state index contributed by atoms with van der Waals surface area (Å²) in [5, 5.41) is 0. The summed E-state index contributed by atoms with van der Waals surface area (Å²) in [5.74, 6) is 0. The molecule has 2 N–H and O–H groups in total. The van der Waals surface area contributed by atoms with Crippen molar-refractivity contribution in [2.45, 2.75) is 6.42 Å². The fourth-order valence-electron chi connectivity index (χ4n) is 1.72. The van der Waals surface area contributed by atoms with Crippen LogP contribution in [-0.4, -0.2) is 6.54 Å². The van der Waals surface area contributed by atoms with Crippen molar-refractivity contribution < 1.29 is 0 Å². The Morgan fingerprint density at radius 1 is 0.941 bits per heavy atom. The molecule has 0 unspecified atom stereocenters. The smallest absolute Gasteiger partial charge is 0.0175 e. The van der Waals surface area contributed by atoms with E-state index in [4.69, 9.17) is 5.73 Å². The van der Waals surface area contributed by atoms with Crippen LogP contribution in [0.25, 0.3) is 11.1 Å². The number of hydrogen-bond acceptors (Lipinski definition) is 1. The molecule has 0 saturated heterocycles. The highest BCUT2D eigenvalue weighted by molar-refractivity contribution is 9.10. The number of nitrogens with two attached hydrogens (primary N) is 1. The predicted octanol–water partition coefficient (Wildman–Crippen LogP) is 4.04. The van der Waals surface area contributed by atoms with Crippen LogP contribution in [0.5, 0.6) is 0 Å². The van der Waals surface area contributed by atoms with Gasteiger partial charge >= 0.3 is 0 Å². The van der Waals surface area contributed by atoms with Crippen molar-refractivity contribution in [3.8, 4) is 11.1 Å². The summed E-state index contributed by atoms with van der Waals surface area (Å²) < 4.78 is 1.11. The molecule has 0 saturated carbocycles. The third-order valence-corrected chi connectivity index (χ3v) is 3.07. The zero-order valence-corrected chi connectivity index (χ0v) is 11.8. The SMILES string of the molecule is Cl.NCCc1cccc(-c2ccc(Br)cc2)c1. The molecule has 0 bridgehead atoms. The lowest BCUT2D eigenvalue weighted by molar-refractivity contribution is 0.969. The summed E-state index contributed by atoms with van der Waals surface area (Å²) in [7, 11) is 0.